The Morgan fingerprint density at radius 2 is 2.20 bits per heavy atom. The normalized spacial score (nSPS) is 12.7. The molecule has 0 heterocycles. The number of hydrogen-bond acceptors (Lipinski definition) is 3. The van der Waals surface area contributed by atoms with Crippen molar-refractivity contribution in [2.45, 2.75) is 32.9 Å². The van der Waals surface area contributed by atoms with Crippen molar-refractivity contribution in [3.05, 3.63) is 35.1 Å². The van der Waals surface area contributed by atoms with Gasteiger partial charge >= 0.3 is 0 Å². The van der Waals surface area contributed by atoms with Crippen molar-refractivity contribution in [1.29, 1.82) is 0 Å². The fourth-order valence-electron chi connectivity index (χ4n) is 2.06. The number of thiocarbonyl (C=S) groups is 1. The van der Waals surface area contributed by atoms with Crippen LogP contribution in [0.4, 0.5) is 4.39 Å². The third-order valence-electron chi connectivity index (χ3n) is 3.51. The van der Waals surface area contributed by atoms with Gasteiger partial charge in [0.15, 0.2) is 0 Å². The van der Waals surface area contributed by atoms with Crippen molar-refractivity contribution in [3.8, 4) is 0 Å². The van der Waals surface area contributed by atoms with E-state index >= 15 is 0 Å². The molecule has 0 saturated carbocycles. The molecule has 3 nitrogen and oxygen atoms in total. The maximum Gasteiger partial charge on any atom is 0.123 e. The van der Waals surface area contributed by atoms with Crippen molar-refractivity contribution in [2.75, 3.05) is 20.3 Å². The van der Waals surface area contributed by atoms with Crippen molar-refractivity contribution in [3.63, 3.8) is 0 Å². The Kier molecular flexibility index (Phi) is 7.05. The minimum Gasteiger partial charge on any atom is -0.389 e. The summed E-state index contributed by atoms with van der Waals surface area (Å²) in [7, 11) is 1.69. The van der Waals surface area contributed by atoms with Crippen molar-refractivity contribution in [1.82, 2.24) is 4.90 Å². The van der Waals surface area contributed by atoms with Crippen LogP contribution in [-0.2, 0) is 11.3 Å². The lowest BCUT2D eigenvalue weighted by atomic mass is 10.1. The van der Waals surface area contributed by atoms with Gasteiger partial charge in [-0.05, 0) is 31.0 Å². The summed E-state index contributed by atoms with van der Waals surface area (Å²) >= 11 is 5.01. The van der Waals surface area contributed by atoms with Crippen LogP contribution in [-0.4, -0.2) is 36.2 Å². The molecule has 1 atom stereocenters. The third kappa shape index (κ3) is 4.81. The number of benzene rings is 1. The first kappa shape index (κ1) is 17.0. The molecule has 0 aromatic heterocycles. The number of nitrogens with two attached hydrogens (primary N) is 1. The Hall–Kier alpha value is -1.04. The highest BCUT2D eigenvalue weighted by molar-refractivity contribution is 7.80. The lowest BCUT2D eigenvalue weighted by Gasteiger charge is -2.29. The number of ether oxygens (including phenoxy) is 1. The molecule has 1 unspecified atom stereocenters. The molecule has 0 spiro atoms. The van der Waals surface area contributed by atoms with E-state index in [4.69, 9.17) is 22.7 Å². The highest BCUT2D eigenvalue weighted by Crippen LogP contribution is 2.16. The quantitative estimate of drug-likeness (QED) is 0.749. The lowest BCUT2D eigenvalue weighted by molar-refractivity contribution is 0.118. The zero-order chi connectivity index (χ0) is 15.1. The average Bonchev–Trinajstić information content (AvgIpc) is 2.43. The van der Waals surface area contributed by atoms with Gasteiger partial charge < -0.3 is 10.5 Å². The second-order valence-electron chi connectivity index (χ2n) is 4.89. The molecule has 5 heteroatoms. The predicted octanol–water partition coefficient (Wildman–Crippen LogP) is 2.71. The van der Waals surface area contributed by atoms with Crippen molar-refractivity contribution in [2.24, 2.45) is 5.73 Å². The molecular weight excluding hydrogens is 275 g/mol. The molecular formula is C15H23FN2OS. The number of halogens is 1. The maximum absolute atomic E-state index is 13.3. The molecule has 0 fully saturated rings. The van der Waals surface area contributed by atoms with Crippen LogP contribution >= 0.6 is 12.2 Å². The number of nitrogens with zero attached hydrogens (tertiary/aromatic N) is 1. The third-order valence-corrected chi connectivity index (χ3v) is 3.73. The Morgan fingerprint density at radius 1 is 1.50 bits per heavy atom. The highest BCUT2D eigenvalue weighted by atomic mass is 32.1. The Bertz CT molecular complexity index is 453. The van der Waals surface area contributed by atoms with E-state index in [0.717, 1.165) is 18.5 Å². The minimum atomic E-state index is -0.316. The van der Waals surface area contributed by atoms with E-state index in [1.807, 2.05) is 0 Å². The monoisotopic (exact) mass is 298 g/mol. The van der Waals surface area contributed by atoms with Crippen LogP contribution in [0.1, 0.15) is 31.4 Å². The van der Waals surface area contributed by atoms with Crippen LogP contribution in [0.25, 0.3) is 0 Å². The van der Waals surface area contributed by atoms with E-state index in [9.17, 15) is 4.39 Å². The second kappa shape index (κ2) is 8.29. The Labute approximate surface area is 125 Å². The van der Waals surface area contributed by atoms with Gasteiger partial charge in [-0.2, -0.15) is 0 Å². The molecule has 0 aliphatic rings. The molecule has 20 heavy (non-hydrogen) atoms. The van der Waals surface area contributed by atoms with Gasteiger partial charge in [-0.1, -0.05) is 25.2 Å². The van der Waals surface area contributed by atoms with Gasteiger partial charge in [0, 0.05) is 31.8 Å². The first-order chi connectivity index (χ1) is 9.49. The summed E-state index contributed by atoms with van der Waals surface area (Å²) < 4.78 is 18.5. The van der Waals surface area contributed by atoms with Crippen molar-refractivity contribution < 1.29 is 9.13 Å². The minimum absolute atomic E-state index is 0.232. The fourth-order valence-corrected chi connectivity index (χ4v) is 2.25. The van der Waals surface area contributed by atoms with E-state index in [0.29, 0.717) is 24.8 Å². The van der Waals surface area contributed by atoms with Crippen molar-refractivity contribution >= 4 is 17.2 Å². The average molecular weight is 298 g/mol. The summed E-state index contributed by atoms with van der Waals surface area (Å²) in [5.41, 5.74) is 7.26. The molecule has 112 valence electrons. The van der Waals surface area contributed by atoms with Crippen LogP contribution in [0.15, 0.2) is 18.2 Å². The van der Waals surface area contributed by atoms with E-state index in [-0.39, 0.29) is 10.8 Å². The molecule has 0 saturated heterocycles. The van der Waals surface area contributed by atoms with Crippen LogP contribution in [0.5, 0.6) is 0 Å². The van der Waals surface area contributed by atoms with E-state index in [2.05, 4.69) is 18.7 Å². The molecule has 0 radical (unpaired) electrons. The summed E-state index contributed by atoms with van der Waals surface area (Å²) in [5, 5.41) is 0. The maximum atomic E-state index is 13.3. The fraction of sp³-hybridized carbons (Fsp3) is 0.533. The van der Waals surface area contributed by atoms with Crippen LogP contribution < -0.4 is 5.73 Å². The van der Waals surface area contributed by atoms with Gasteiger partial charge in [-0.25, -0.2) is 4.39 Å². The topological polar surface area (TPSA) is 38.5 Å². The molecule has 1 aromatic rings. The first-order valence-electron chi connectivity index (χ1n) is 6.80. The molecule has 0 bridgehead atoms. The number of hydrogen-bond donors (Lipinski definition) is 1. The van der Waals surface area contributed by atoms with E-state index in [1.165, 1.54) is 12.1 Å². The Balaban J connectivity index is 2.95. The predicted molar refractivity (Wildman–Crippen MR) is 84.3 cm³/mol. The second-order valence-corrected chi connectivity index (χ2v) is 5.33. The van der Waals surface area contributed by atoms with Gasteiger partial charge in [0.1, 0.15) is 10.8 Å². The summed E-state index contributed by atoms with van der Waals surface area (Å²) in [5.74, 6) is -0.316. The van der Waals surface area contributed by atoms with Gasteiger partial charge in [0.2, 0.25) is 0 Å². The van der Waals surface area contributed by atoms with Gasteiger partial charge in [0.05, 0.1) is 6.61 Å². The molecule has 0 aliphatic carbocycles. The standard InChI is InChI=1S/C15H23FN2OS/c1-4-11(2)18(7-8-19-3)10-12-5-6-13(16)9-14(12)15(17)20/h5-6,9,11H,4,7-8,10H2,1-3H3,(H2,17,20). The number of methoxy groups -OCH3 is 1. The summed E-state index contributed by atoms with van der Waals surface area (Å²) in [6.07, 6.45) is 1.04. The van der Waals surface area contributed by atoms with Gasteiger partial charge in [-0.15, -0.1) is 0 Å². The highest BCUT2D eigenvalue weighted by Gasteiger charge is 2.15. The van der Waals surface area contributed by atoms with Gasteiger partial charge in [-0.3, -0.25) is 4.90 Å². The summed E-state index contributed by atoms with van der Waals surface area (Å²) in [6, 6.07) is 5.02. The van der Waals surface area contributed by atoms with Crippen LogP contribution in [0.3, 0.4) is 0 Å². The molecule has 2 N–H and O–H groups in total. The SMILES string of the molecule is CCC(C)N(CCOC)Cc1ccc(F)cc1C(N)=S. The smallest absolute Gasteiger partial charge is 0.123 e. The molecule has 0 aliphatic heterocycles. The number of rotatable bonds is 8. The summed E-state index contributed by atoms with van der Waals surface area (Å²) in [6.45, 7) is 6.47. The zero-order valence-corrected chi connectivity index (χ0v) is 13.2. The molecule has 0 amide bonds. The lowest BCUT2D eigenvalue weighted by Crippen LogP contribution is -2.35. The largest absolute Gasteiger partial charge is 0.389 e. The zero-order valence-electron chi connectivity index (χ0n) is 12.4. The molecule has 1 rings (SSSR count). The summed E-state index contributed by atoms with van der Waals surface area (Å²) in [4.78, 5) is 2.52. The first-order valence-corrected chi connectivity index (χ1v) is 7.21. The van der Waals surface area contributed by atoms with Gasteiger partial charge in [0.25, 0.3) is 0 Å². The molecule has 1 aromatic carbocycles. The van der Waals surface area contributed by atoms with Crippen LogP contribution in [0.2, 0.25) is 0 Å². The Morgan fingerprint density at radius 3 is 2.75 bits per heavy atom. The van der Waals surface area contributed by atoms with Crippen LogP contribution in [0, 0.1) is 5.82 Å². The van der Waals surface area contributed by atoms with E-state index in [1.54, 1.807) is 13.2 Å². The van der Waals surface area contributed by atoms with E-state index < -0.39 is 0 Å².